The SMILES string of the molecule is C#Cc1ccc(OC)c(C(O[SiH](C)C)C(C)(C)C)n1. The molecular formula is C15H23NO2Si. The maximum absolute atomic E-state index is 6.17. The van der Waals surface area contributed by atoms with Crippen molar-refractivity contribution in [3.63, 3.8) is 0 Å². The van der Waals surface area contributed by atoms with Gasteiger partial charge in [0.05, 0.1) is 13.2 Å². The predicted octanol–water partition coefficient (Wildman–Crippen LogP) is 3.16. The number of pyridine rings is 1. The van der Waals surface area contributed by atoms with Crippen molar-refractivity contribution in [2.45, 2.75) is 40.0 Å². The topological polar surface area (TPSA) is 31.4 Å². The third-order valence-corrected chi connectivity index (χ3v) is 3.51. The summed E-state index contributed by atoms with van der Waals surface area (Å²) in [5.74, 6) is 3.30. The minimum Gasteiger partial charge on any atom is -0.495 e. The molecule has 4 heteroatoms. The Balaban J connectivity index is 3.32. The summed E-state index contributed by atoms with van der Waals surface area (Å²) < 4.78 is 11.6. The Kier molecular flexibility index (Phi) is 5.16. The molecule has 0 N–H and O–H groups in total. The van der Waals surface area contributed by atoms with Gasteiger partial charge in [-0.25, -0.2) is 4.98 Å². The lowest BCUT2D eigenvalue weighted by atomic mass is 9.86. The molecule has 0 amide bonds. The van der Waals surface area contributed by atoms with Gasteiger partial charge in [0, 0.05) is 0 Å². The Bertz CT molecular complexity index is 472. The molecule has 1 aromatic heterocycles. The van der Waals surface area contributed by atoms with Crippen molar-refractivity contribution in [3.8, 4) is 18.1 Å². The molecule has 0 saturated carbocycles. The van der Waals surface area contributed by atoms with Crippen LogP contribution in [0.3, 0.4) is 0 Å². The van der Waals surface area contributed by atoms with Gasteiger partial charge in [0.25, 0.3) is 0 Å². The van der Waals surface area contributed by atoms with Gasteiger partial charge < -0.3 is 9.16 Å². The average Bonchev–Trinajstić information content (AvgIpc) is 2.33. The second kappa shape index (κ2) is 6.22. The van der Waals surface area contributed by atoms with Crippen molar-refractivity contribution < 1.29 is 9.16 Å². The van der Waals surface area contributed by atoms with Crippen LogP contribution in [0.1, 0.15) is 38.3 Å². The molecule has 0 aliphatic heterocycles. The number of nitrogens with zero attached hydrogens (tertiary/aromatic N) is 1. The fraction of sp³-hybridized carbons (Fsp3) is 0.533. The number of methoxy groups -OCH3 is 1. The van der Waals surface area contributed by atoms with E-state index in [0.717, 1.165) is 11.4 Å². The summed E-state index contributed by atoms with van der Waals surface area (Å²) in [7, 11) is 0.440. The monoisotopic (exact) mass is 277 g/mol. The van der Waals surface area contributed by atoms with E-state index >= 15 is 0 Å². The van der Waals surface area contributed by atoms with Crippen LogP contribution >= 0.6 is 0 Å². The molecule has 0 saturated heterocycles. The molecule has 104 valence electrons. The number of ether oxygens (including phenoxy) is 1. The normalized spacial score (nSPS) is 13.2. The maximum atomic E-state index is 6.17. The van der Waals surface area contributed by atoms with Crippen molar-refractivity contribution in [1.29, 1.82) is 0 Å². The molecule has 0 aromatic carbocycles. The van der Waals surface area contributed by atoms with E-state index in [-0.39, 0.29) is 11.5 Å². The highest BCUT2D eigenvalue weighted by Gasteiger charge is 2.31. The van der Waals surface area contributed by atoms with Crippen LogP contribution in [0.25, 0.3) is 0 Å². The van der Waals surface area contributed by atoms with Crippen LogP contribution in [0.15, 0.2) is 12.1 Å². The number of hydrogen-bond acceptors (Lipinski definition) is 3. The van der Waals surface area contributed by atoms with Gasteiger partial charge in [-0.15, -0.1) is 6.42 Å². The van der Waals surface area contributed by atoms with E-state index in [1.54, 1.807) is 13.2 Å². The summed E-state index contributed by atoms with van der Waals surface area (Å²) in [6, 6.07) is 3.65. The molecule has 0 spiro atoms. The van der Waals surface area contributed by atoms with E-state index in [1.165, 1.54) is 0 Å². The minimum atomic E-state index is -1.20. The average molecular weight is 277 g/mol. The van der Waals surface area contributed by atoms with Gasteiger partial charge in [0.2, 0.25) is 0 Å². The zero-order chi connectivity index (χ0) is 14.6. The van der Waals surface area contributed by atoms with Gasteiger partial charge >= 0.3 is 0 Å². The van der Waals surface area contributed by atoms with Crippen LogP contribution < -0.4 is 4.74 Å². The van der Waals surface area contributed by atoms with Crippen LogP contribution in [-0.2, 0) is 4.43 Å². The number of hydrogen-bond donors (Lipinski definition) is 0. The van der Waals surface area contributed by atoms with Crippen LogP contribution in [0, 0.1) is 17.8 Å². The van der Waals surface area contributed by atoms with E-state index in [9.17, 15) is 0 Å². The quantitative estimate of drug-likeness (QED) is 0.626. The third kappa shape index (κ3) is 4.08. The van der Waals surface area contributed by atoms with E-state index in [1.807, 2.05) is 6.07 Å². The minimum absolute atomic E-state index is 0.0647. The summed E-state index contributed by atoms with van der Waals surface area (Å²) >= 11 is 0. The van der Waals surface area contributed by atoms with Gasteiger partial charge in [-0.3, -0.25) is 0 Å². The van der Waals surface area contributed by atoms with Gasteiger partial charge in [0.15, 0.2) is 9.04 Å². The summed E-state index contributed by atoms with van der Waals surface area (Å²) in [5, 5.41) is 0. The Morgan fingerprint density at radius 1 is 1.32 bits per heavy atom. The highest BCUT2D eigenvalue weighted by Crippen LogP contribution is 2.39. The van der Waals surface area contributed by atoms with Crippen molar-refractivity contribution in [2.24, 2.45) is 5.41 Å². The lowest BCUT2D eigenvalue weighted by molar-refractivity contribution is 0.0799. The number of aromatic nitrogens is 1. The largest absolute Gasteiger partial charge is 0.495 e. The first kappa shape index (κ1) is 15.7. The van der Waals surface area contributed by atoms with Crippen molar-refractivity contribution in [1.82, 2.24) is 4.98 Å². The van der Waals surface area contributed by atoms with Gasteiger partial charge in [-0.05, 0) is 30.6 Å². The molecular weight excluding hydrogens is 254 g/mol. The lowest BCUT2D eigenvalue weighted by Crippen LogP contribution is -2.27. The van der Waals surface area contributed by atoms with Crippen LogP contribution in [0.4, 0.5) is 0 Å². The molecule has 0 aliphatic carbocycles. The molecule has 0 bridgehead atoms. The van der Waals surface area contributed by atoms with Gasteiger partial charge in [-0.2, -0.15) is 0 Å². The maximum Gasteiger partial charge on any atom is 0.171 e. The first-order chi connectivity index (χ1) is 8.79. The predicted molar refractivity (Wildman–Crippen MR) is 80.9 cm³/mol. The highest BCUT2D eigenvalue weighted by molar-refractivity contribution is 6.48. The zero-order valence-electron chi connectivity index (χ0n) is 12.7. The van der Waals surface area contributed by atoms with Crippen LogP contribution in [0.5, 0.6) is 5.75 Å². The van der Waals surface area contributed by atoms with Crippen molar-refractivity contribution in [3.05, 3.63) is 23.5 Å². The molecule has 19 heavy (non-hydrogen) atoms. The Hall–Kier alpha value is -1.31. The summed E-state index contributed by atoms with van der Waals surface area (Å²) in [4.78, 5) is 4.52. The van der Waals surface area contributed by atoms with E-state index < -0.39 is 9.04 Å². The highest BCUT2D eigenvalue weighted by atomic mass is 28.3. The van der Waals surface area contributed by atoms with Crippen LogP contribution in [-0.4, -0.2) is 21.1 Å². The standard InChI is InChI=1S/C15H23NO2Si/c1-8-11-9-10-12(17-5)13(16-11)14(15(2,3)4)18-19(6)7/h1,9-10,14,19H,2-7H3. The van der Waals surface area contributed by atoms with E-state index in [2.05, 4.69) is 44.8 Å². The molecule has 0 radical (unpaired) electrons. The lowest BCUT2D eigenvalue weighted by Gasteiger charge is -2.33. The number of terminal acetylenes is 1. The molecule has 1 aromatic rings. The molecule has 3 nitrogen and oxygen atoms in total. The fourth-order valence-corrected chi connectivity index (χ4v) is 2.94. The Morgan fingerprint density at radius 2 is 1.95 bits per heavy atom. The zero-order valence-corrected chi connectivity index (χ0v) is 13.8. The first-order valence-corrected chi connectivity index (χ1v) is 9.24. The van der Waals surface area contributed by atoms with E-state index in [0.29, 0.717) is 5.69 Å². The molecule has 1 unspecified atom stereocenters. The summed E-state index contributed by atoms with van der Waals surface area (Å²) in [6.45, 7) is 10.7. The van der Waals surface area contributed by atoms with Crippen molar-refractivity contribution >= 4 is 9.04 Å². The second-order valence-electron chi connectivity index (χ2n) is 5.86. The molecule has 0 aliphatic rings. The third-order valence-electron chi connectivity index (χ3n) is 2.70. The van der Waals surface area contributed by atoms with E-state index in [4.69, 9.17) is 15.6 Å². The molecule has 1 heterocycles. The summed E-state index contributed by atoms with van der Waals surface area (Å²) in [6.07, 6.45) is 5.33. The smallest absolute Gasteiger partial charge is 0.171 e. The van der Waals surface area contributed by atoms with Crippen molar-refractivity contribution in [2.75, 3.05) is 7.11 Å². The Labute approximate surface area is 118 Å². The number of rotatable bonds is 4. The summed E-state index contributed by atoms with van der Waals surface area (Å²) in [5.41, 5.74) is 1.34. The second-order valence-corrected chi connectivity index (χ2v) is 8.23. The van der Waals surface area contributed by atoms with Crippen LogP contribution in [0.2, 0.25) is 13.1 Å². The molecule has 1 atom stereocenters. The fourth-order valence-electron chi connectivity index (χ4n) is 1.85. The Morgan fingerprint density at radius 3 is 2.37 bits per heavy atom. The molecule has 0 fully saturated rings. The van der Waals surface area contributed by atoms with Gasteiger partial charge in [0.1, 0.15) is 17.1 Å². The first-order valence-electron chi connectivity index (χ1n) is 6.46. The molecule has 1 rings (SSSR count). The van der Waals surface area contributed by atoms with Gasteiger partial charge in [-0.1, -0.05) is 26.7 Å².